The summed E-state index contributed by atoms with van der Waals surface area (Å²) in [6, 6.07) is 8.91. The quantitative estimate of drug-likeness (QED) is 0.548. The fraction of sp³-hybridized carbons (Fsp3) is 0.200. The summed E-state index contributed by atoms with van der Waals surface area (Å²) < 4.78 is 19.2. The van der Waals surface area contributed by atoms with E-state index >= 15 is 0 Å². The van der Waals surface area contributed by atoms with Gasteiger partial charge in [-0.2, -0.15) is 0 Å². The van der Waals surface area contributed by atoms with E-state index < -0.39 is 0 Å². The predicted octanol–water partition coefficient (Wildman–Crippen LogP) is 6.04. The summed E-state index contributed by atoms with van der Waals surface area (Å²) in [6.45, 7) is 1.95. The van der Waals surface area contributed by atoms with E-state index in [0.717, 1.165) is 16.7 Å². The zero-order valence-corrected chi connectivity index (χ0v) is 14.8. The molecule has 106 valence electrons. The third-order valence-corrected chi connectivity index (χ3v) is 5.07. The minimum Gasteiger partial charge on any atom is -0.496 e. The van der Waals surface area contributed by atoms with Gasteiger partial charge in [-0.1, -0.05) is 39.7 Å². The number of rotatable bonds is 3. The number of ether oxygens (including phenoxy) is 1. The van der Waals surface area contributed by atoms with Gasteiger partial charge in [0.05, 0.1) is 16.4 Å². The van der Waals surface area contributed by atoms with E-state index in [0.29, 0.717) is 15.2 Å². The van der Waals surface area contributed by atoms with E-state index in [4.69, 9.17) is 16.3 Å². The van der Waals surface area contributed by atoms with Crippen molar-refractivity contribution in [2.45, 2.75) is 11.8 Å². The highest BCUT2D eigenvalue weighted by atomic mass is 79.9. The number of hydrogen-bond donors (Lipinski definition) is 0. The Balaban J connectivity index is 2.49. The lowest BCUT2D eigenvalue weighted by Gasteiger charge is -2.16. The van der Waals surface area contributed by atoms with Crippen molar-refractivity contribution >= 4 is 43.5 Å². The Morgan fingerprint density at radius 1 is 1.25 bits per heavy atom. The molecule has 0 aliphatic heterocycles. The molecule has 1 atom stereocenters. The number of benzene rings is 2. The van der Waals surface area contributed by atoms with Gasteiger partial charge in [-0.25, -0.2) is 4.39 Å². The molecule has 0 aliphatic carbocycles. The van der Waals surface area contributed by atoms with E-state index in [2.05, 4.69) is 31.9 Å². The summed E-state index contributed by atoms with van der Waals surface area (Å²) in [4.78, 5) is -0.132. The topological polar surface area (TPSA) is 9.23 Å². The van der Waals surface area contributed by atoms with E-state index in [1.54, 1.807) is 6.07 Å². The first kappa shape index (κ1) is 15.8. The van der Waals surface area contributed by atoms with Crippen LogP contribution in [0.3, 0.4) is 0 Å². The maximum atomic E-state index is 13.6. The van der Waals surface area contributed by atoms with Crippen molar-refractivity contribution in [2.75, 3.05) is 7.11 Å². The Morgan fingerprint density at radius 3 is 2.55 bits per heavy atom. The first-order valence-corrected chi connectivity index (χ1v) is 7.95. The van der Waals surface area contributed by atoms with Crippen LogP contribution < -0.4 is 4.74 Å². The van der Waals surface area contributed by atoms with E-state index in [1.165, 1.54) is 13.2 Å². The van der Waals surface area contributed by atoms with Crippen molar-refractivity contribution in [2.24, 2.45) is 0 Å². The molecule has 0 N–H and O–H groups in total. The van der Waals surface area contributed by atoms with Crippen molar-refractivity contribution in [3.05, 3.63) is 62.3 Å². The standard InChI is InChI=1S/C15H12Br2ClFO/c1-8-3-4-9(5-12(8)18)15(17)10-6-11(16)13(19)7-14(10)20-2/h3-7,15H,1-2H3. The molecule has 0 saturated heterocycles. The zero-order chi connectivity index (χ0) is 14.9. The average molecular weight is 423 g/mol. The van der Waals surface area contributed by atoms with Crippen LogP contribution in [0.15, 0.2) is 34.8 Å². The van der Waals surface area contributed by atoms with Crippen molar-refractivity contribution in [3.8, 4) is 5.75 Å². The Labute approximate surface area is 139 Å². The smallest absolute Gasteiger partial charge is 0.141 e. The van der Waals surface area contributed by atoms with Gasteiger partial charge >= 0.3 is 0 Å². The van der Waals surface area contributed by atoms with Crippen molar-refractivity contribution in [1.29, 1.82) is 0 Å². The summed E-state index contributed by atoms with van der Waals surface area (Å²) in [5.41, 5.74) is 2.83. The number of halogens is 4. The third-order valence-electron chi connectivity index (χ3n) is 3.03. The largest absolute Gasteiger partial charge is 0.496 e. The van der Waals surface area contributed by atoms with Crippen molar-refractivity contribution in [3.63, 3.8) is 0 Å². The molecule has 2 aromatic rings. The number of aryl methyl sites for hydroxylation is 1. The summed E-state index contributed by atoms with van der Waals surface area (Å²) >= 11 is 13.0. The van der Waals surface area contributed by atoms with Crippen LogP contribution in [0.25, 0.3) is 0 Å². The van der Waals surface area contributed by atoms with E-state index in [-0.39, 0.29) is 10.6 Å². The minimum absolute atomic E-state index is 0.132. The second-order valence-electron chi connectivity index (χ2n) is 4.38. The van der Waals surface area contributed by atoms with Gasteiger partial charge in [0.25, 0.3) is 0 Å². The molecule has 0 bridgehead atoms. The molecular formula is C15H12Br2ClFO. The monoisotopic (exact) mass is 420 g/mol. The molecule has 0 radical (unpaired) electrons. The van der Waals surface area contributed by atoms with Gasteiger partial charge in [0.15, 0.2) is 0 Å². The van der Waals surface area contributed by atoms with Crippen LogP contribution in [0.1, 0.15) is 21.5 Å². The first-order chi connectivity index (χ1) is 9.43. The SMILES string of the molecule is COc1cc(F)c(Br)cc1C(Br)c1ccc(C)c(Cl)c1. The average Bonchev–Trinajstić information content (AvgIpc) is 2.43. The molecule has 0 fully saturated rings. The van der Waals surface area contributed by atoms with Gasteiger partial charge in [-0.3, -0.25) is 0 Å². The molecule has 2 aromatic carbocycles. The molecule has 0 spiro atoms. The lowest BCUT2D eigenvalue weighted by molar-refractivity contribution is 0.406. The molecule has 20 heavy (non-hydrogen) atoms. The molecule has 0 heterocycles. The van der Waals surface area contributed by atoms with Crippen LogP contribution in [-0.2, 0) is 0 Å². The number of alkyl halides is 1. The van der Waals surface area contributed by atoms with Gasteiger partial charge in [0.1, 0.15) is 11.6 Å². The summed E-state index contributed by atoms with van der Waals surface area (Å²) in [7, 11) is 1.52. The zero-order valence-electron chi connectivity index (χ0n) is 10.9. The van der Waals surface area contributed by atoms with Crippen LogP contribution in [-0.4, -0.2) is 7.11 Å². The highest BCUT2D eigenvalue weighted by Gasteiger charge is 2.18. The van der Waals surface area contributed by atoms with Crippen LogP contribution in [0.5, 0.6) is 5.75 Å². The van der Waals surface area contributed by atoms with Crippen molar-refractivity contribution in [1.82, 2.24) is 0 Å². The maximum absolute atomic E-state index is 13.6. The lowest BCUT2D eigenvalue weighted by Crippen LogP contribution is -1.99. The summed E-state index contributed by atoms with van der Waals surface area (Å²) in [6.07, 6.45) is 0. The van der Waals surface area contributed by atoms with Gasteiger partial charge in [0, 0.05) is 16.7 Å². The summed E-state index contributed by atoms with van der Waals surface area (Å²) in [5.74, 6) is 0.136. The van der Waals surface area contributed by atoms with Gasteiger partial charge in [0.2, 0.25) is 0 Å². The highest BCUT2D eigenvalue weighted by Crippen LogP contribution is 2.39. The summed E-state index contributed by atoms with van der Waals surface area (Å²) in [5, 5.41) is 0.701. The predicted molar refractivity (Wildman–Crippen MR) is 87.6 cm³/mol. The fourth-order valence-electron chi connectivity index (χ4n) is 1.87. The number of hydrogen-bond acceptors (Lipinski definition) is 1. The molecule has 0 aromatic heterocycles. The molecule has 1 unspecified atom stereocenters. The second kappa shape index (κ2) is 6.46. The molecule has 1 nitrogen and oxygen atoms in total. The Hall–Kier alpha value is -0.580. The van der Waals surface area contributed by atoms with E-state index in [9.17, 15) is 4.39 Å². The highest BCUT2D eigenvalue weighted by molar-refractivity contribution is 9.10. The van der Waals surface area contributed by atoms with Crippen LogP contribution in [0, 0.1) is 12.7 Å². The molecule has 5 heteroatoms. The second-order valence-corrected chi connectivity index (χ2v) is 6.56. The van der Waals surface area contributed by atoms with Crippen LogP contribution in [0.4, 0.5) is 4.39 Å². The molecule has 2 rings (SSSR count). The van der Waals surface area contributed by atoms with Crippen molar-refractivity contribution < 1.29 is 9.13 Å². The lowest BCUT2D eigenvalue weighted by atomic mass is 10.0. The Bertz CT molecular complexity index is 646. The minimum atomic E-state index is -0.354. The van der Waals surface area contributed by atoms with Gasteiger partial charge < -0.3 is 4.74 Å². The Morgan fingerprint density at radius 2 is 1.95 bits per heavy atom. The van der Waals surface area contributed by atoms with Crippen LogP contribution >= 0.6 is 43.5 Å². The Kier molecular flexibility index (Phi) is 5.10. The number of methoxy groups -OCH3 is 1. The van der Waals surface area contributed by atoms with E-state index in [1.807, 2.05) is 25.1 Å². The molecule has 0 saturated carbocycles. The molecule has 0 aliphatic rings. The van der Waals surface area contributed by atoms with Gasteiger partial charge in [-0.15, -0.1) is 0 Å². The first-order valence-electron chi connectivity index (χ1n) is 5.87. The molecule has 0 amide bonds. The van der Waals surface area contributed by atoms with Gasteiger partial charge in [-0.05, 0) is 46.1 Å². The maximum Gasteiger partial charge on any atom is 0.141 e. The molecular weight excluding hydrogens is 410 g/mol. The normalized spacial score (nSPS) is 12.3. The third kappa shape index (κ3) is 3.18. The fourth-order valence-corrected chi connectivity index (χ4v) is 3.06. The van der Waals surface area contributed by atoms with Crippen LogP contribution in [0.2, 0.25) is 5.02 Å².